The van der Waals surface area contributed by atoms with Gasteiger partial charge in [0.1, 0.15) is 0 Å². The molecule has 1 aliphatic rings. The molecule has 0 spiro atoms. The molecule has 0 radical (unpaired) electrons. The van der Waals surface area contributed by atoms with Gasteiger partial charge in [-0.05, 0) is 30.5 Å². The van der Waals surface area contributed by atoms with Crippen LogP contribution in [0.25, 0.3) is 11.4 Å². The molecule has 0 saturated heterocycles. The van der Waals surface area contributed by atoms with Gasteiger partial charge in [-0.3, -0.25) is 0 Å². The quantitative estimate of drug-likeness (QED) is 0.892. The molecule has 1 aromatic carbocycles. The molecule has 3 rings (SSSR count). The van der Waals surface area contributed by atoms with Gasteiger partial charge < -0.3 is 10.5 Å². The van der Waals surface area contributed by atoms with Crippen LogP contribution >= 0.6 is 0 Å². The predicted octanol–water partition coefficient (Wildman–Crippen LogP) is 2.10. The summed E-state index contributed by atoms with van der Waals surface area (Å²) in [6.07, 6.45) is 4.38. The van der Waals surface area contributed by atoms with Crippen molar-refractivity contribution < 1.29 is 4.74 Å². The fourth-order valence-corrected chi connectivity index (χ4v) is 2.61. The molecule has 4 heteroatoms. The molecule has 2 aromatic rings. The Kier molecular flexibility index (Phi) is 3.27. The Morgan fingerprint density at radius 1 is 1.26 bits per heavy atom. The zero-order valence-corrected chi connectivity index (χ0v) is 10.9. The number of hydrogen-bond donors (Lipinski definition) is 1. The number of benzene rings is 1. The molecular formula is C15H17N3O. The van der Waals surface area contributed by atoms with Crippen molar-refractivity contribution in [2.45, 2.75) is 25.5 Å². The normalized spacial score (nSPS) is 19.8. The summed E-state index contributed by atoms with van der Waals surface area (Å²) in [6.45, 7) is 2.68. The molecule has 0 saturated carbocycles. The monoisotopic (exact) mass is 255 g/mol. The largest absolute Gasteiger partial charge is 0.372 e. The Balaban J connectivity index is 2.11. The van der Waals surface area contributed by atoms with Gasteiger partial charge in [-0.1, -0.05) is 18.2 Å². The Hall–Kier alpha value is -1.78. The van der Waals surface area contributed by atoms with Crippen LogP contribution in [-0.2, 0) is 11.2 Å². The summed E-state index contributed by atoms with van der Waals surface area (Å²) >= 11 is 0. The molecule has 1 aromatic heterocycles. The average Bonchev–Trinajstić information content (AvgIpc) is 2.46. The predicted molar refractivity (Wildman–Crippen MR) is 73.5 cm³/mol. The first-order valence-corrected chi connectivity index (χ1v) is 6.53. The first kappa shape index (κ1) is 12.3. The molecule has 0 aliphatic carbocycles. The van der Waals surface area contributed by atoms with Crippen molar-refractivity contribution in [1.29, 1.82) is 0 Å². The standard InChI is InChI=1S/C15H17N3O/c1-10(16)14-12-4-2-5-13(11(12)6-9-19-14)15-17-7-3-8-18-15/h2-5,7-8,10,14H,6,9,16H2,1H3/t10-,14?/m0/s1. The summed E-state index contributed by atoms with van der Waals surface area (Å²) in [6, 6.07) is 7.99. The van der Waals surface area contributed by atoms with Gasteiger partial charge in [-0.2, -0.15) is 0 Å². The molecule has 0 amide bonds. The number of fused-ring (bicyclic) bond motifs is 1. The second kappa shape index (κ2) is 5.07. The van der Waals surface area contributed by atoms with Crippen molar-refractivity contribution >= 4 is 0 Å². The highest BCUT2D eigenvalue weighted by atomic mass is 16.5. The van der Waals surface area contributed by atoms with E-state index in [1.54, 1.807) is 12.4 Å². The van der Waals surface area contributed by atoms with E-state index in [2.05, 4.69) is 22.1 Å². The minimum atomic E-state index is -0.0348. The molecule has 2 heterocycles. The Morgan fingerprint density at radius 3 is 2.79 bits per heavy atom. The van der Waals surface area contributed by atoms with Crippen molar-refractivity contribution in [2.75, 3.05) is 6.61 Å². The summed E-state index contributed by atoms with van der Waals surface area (Å²) in [7, 11) is 0. The summed E-state index contributed by atoms with van der Waals surface area (Å²) in [4.78, 5) is 8.69. The number of nitrogens with two attached hydrogens (primary N) is 1. The van der Waals surface area contributed by atoms with Crippen LogP contribution in [-0.4, -0.2) is 22.6 Å². The number of rotatable bonds is 2. The number of ether oxygens (including phenoxy) is 1. The van der Waals surface area contributed by atoms with Gasteiger partial charge in [0.05, 0.1) is 12.7 Å². The zero-order chi connectivity index (χ0) is 13.2. The van der Waals surface area contributed by atoms with E-state index in [0.717, 1.165) is 17.8 Å². The van der Waals surface area contributed by atoms with E-state index in [4.69, 9.17) is 10.5 Å². The van der Waals surface area contributed by atoms with Crippen molar-refractivity contribution in [3.8, 4) is 11.4 Å². The smallest absolute Gasteiger partial charge is 0.159 e. The minimum Gasteiger partial charge on any atom is -0.372 e. The Morgan fingerprint density at radius 2 is 2.05 bits per heavy atom. The fourth-order valence-electron chi connectivity index (χ4n) is 2.61. The minimum absolute atomic E-state index is 0.0222. The molecule has 0 bridgehead atoms. The Bertz CT molecular complexity index is 569. The van der Waals surface area contributed by atoms with E-state index in [1.165, 1.54) is 11.1 Å². The topological polar surface area (TPSA) is 61.0 Å². The van der Waals surface area contributed by atoms with E-state index in [1.807, 2.05) is 19.1 Å². The second-order valence-corrected chi connectivity index (χ2v) is 4.85. The molecule has 1 aliphatic heterocycles. The van der Waals surface area contributed by atoms with Gasteiger partial charge in [-0.25, -0.2) is 9.97 Å². The van der Waals surface area contributed by atoms with Crippen molar-refractivity contribution in [3.63, 3.8) is 0 Å². The number of nitrogens with zero attached hydrogens (tertiary/aromatic N) is 2. The van der Waals surface area contributed by atoms with Crippen LogP contribution in [0, 0.1) is 0 Å². The van der Waals surface area contributed by atoms with Crippen LogP contribution in [0.15, 0.2) is 36.7 Å². The number of aromatic nitrogens is 2. The van der Waals surface area contributed by atoms with E-state index in [0.29, 0.717) is 6.61 Å². The van der Waals surface area contributed by atoms with Gasteiger partial charge in [0, 0.05) is 24.0 Å². The highest BCUT2D eigenvalue weighted by Gasteiger charge is 2.26. The van der Waals surface area contributed by atoms with E-state index < -0.39 is 0 Å². The van der Waals surface area contributed by atoms with Crippen LogP contribution in [0.3, 0.4) is 0 Å². The maximum absolute atomic E-state index is 6.01. The third kappa shape index (κ3) is 2.25. The third-order valence-electron chi connectivity index (χ3n) is 3.45. The van der Waals surface area contributed by atoms with E-state index in [9.17, 15) is 0 Å². The second-order valence-electron chi connectivity index (χ2n) is 4.85. The highest BCUT2D eigenvalue weighted by molar-refractivity contribution is 5.63. The SMILES string of the molecule is C[C@H](N)C1OCCc2c(-c3ncccn3)cccc21. The lowest BCUT2D eigenvalue weighted by Gasteiger charge is -2.30. The lowest BCUT2D eigenvalue weighted by Crippen LogP contribution is -2.31. The molecular weight excluding hydrogens is 238 g/mol. The van der Waals surface area contributed by atoms with Crippen molar-refractivity contribution in [3.05, 3.63) is 47.8 Å². The summed E-state index contributed by atoms with van der Waals surface area (Å²) < 4.78 is 5.79. The van der Waals surface area contributed by atoms with Crippen LogP contribution in [0.2, 0.25) is 0 Å². The van der Waals surface area contributed by atoms with Crippen LogP contribution in [0.4, 0.5) is 0 Å². The average molecular weight is 255 g/mol. The fraction of sp³-hybridized carbons (Fsp3) is 0.333. The van der Waals surface area contributed by atoms with E-state index in [-0.39, 0.29) is 12.1 Å². The van der Waals surface area contributed by atoms with Gasteiger partial charge >= 0.3 is 0 Å². The van der Waals surface area contributed by atoms with Crippen LogP contribution in [0.1, 0.15) is 24.2 Å². The Labute approximate surface area is 112 Å². The van der Waals surface area contributed by atoms with Gasteiger partial charge in [0.25, 0.3) is 0 Å². The molecule has 98 valence electrons. The maximum atomic E-state index is 6.01. The lowest BCUT2D eigenvalue weighted by atomic mass is 9.90. The molecule has 0 fully saturated rings. The van der Waals surface area contributed by atoms with Crippen molar-refractivity contribution in [1.82, 2.24) is 9.97 Å². The molecule has 19 heavy (non-hydrogen) atoms. The first-order chi connectivity index (χ1) is 9.27. The molecule has 4 nitrogen and oxygen atoms in total. The highest BCUT2D eigenvalue weighted by Crippen LogP contribution is 2.34. The van der Waals surface area contributed by atoms with Gasteiger partial charge in [0.2, 0.25) is 0 Å². The van der Waals surface area contributed by atoms with Gasteiger partial charge in [0.15, 0.2) is 5.82 Å². The number of hydrogen-bond acceptors (Lipinski definition) is 4. The molecule has 1 unspecified atom stereocenters. The third-order valence-corrected chi connectivity index (χ3v) is 3.45. The van der Waals surface area contributed by atoms with Crippen LogP contribution in [0.5, 0.6) is 0 Å². The first-order valence-electron chi connectivity index (χ1n) is 6.53. The molecule has 2 atom stereocenters. The maximum Gasteiger partial charge on any atom is 0.159 e. The van der Waals surface area contributed by atoms with Crippen LogP contribution < -0.4 is 5.73 Å². The molecule has 2 N–H and O–H groups in total. The van der Waals surface area contributed by atoms with E-state index >= 15 is 0 Å². The summed E-state index contributed by atoms with van der Waals surface area (Å²) in [5, 5.41) is 0. The van der Waals surface area contributed by atoms with Crippen molar-refractivity contribution in [2.24, 2.45) is 5.73 Å². The summed E-state index contributed by atoms with van der Waals surface area (Å²) in [5.41, 5.74) is 9.54. The zero-order valence-electron chi connectivity index (χ0n) is 10.9. The lowest BCUT2D eigenvalue weighted by molar-refractivity contribution is 0.0286. The summed E-state index contributed by atoms with van der Waals surface area (Å²) in [5.74, 6) is 0.768. The van der Waals surface area contributed by atoms with Gasteiger partial charge in [-0.15, -0.1) is 0 Å².